The number of hydrogen-bond acceptors (Lipinski definition) is 5. The second-order valence-electron chi connectivity index (χ2n) is 3.90. The van der Waals surface area contributed by atoms with Gasteiger partial charge in [0.15, 0.2) is 12.4 Å². The molecule has 6 nitrogen and oxygen atoms in total. The fourth-order valence-corrected chi connectivity index (χ4v) is 1.56. The monoisotopic (exact) mass is 261 g/mol. The second-order valence-corrected chi connectivity index (χ2v) is 3.90. The average Bonchev–Trinajstić information content (AvgIpc) is 2.90. The molecule has 2 aromatic rings. The van der Waals surface area contributed by atoms with E-state index in [1.54, 1.807) is 19.1 Å². The number of nitro benzene ring substituents is 1. The van der Waals surface area contributed by atoms with E-state index in [0.29, 0.717) is 11.3 Å². The van der Waals surface area contributed by atoms with Crippen LogP contribution in [0.5, 0.6) is 5.75 Å². The smallest absolute Gasteiger partial charge is 0.269 e. The van der Waals surface area contributed by atoms with E-state index in [1.807, 2.05) is 0 Å². The Morgan fingerprint density at radius 1 is 1.42 bits per heavy atom. The van der Waals surface area contributed by atoms with Crippen LogP contribution in [0.2, 0.25) is 0 Å². The standard InChI is InChI=1S/C13H11NO5/c1-9-7-10(14(16)17)4-5-12(9)19-8-11(15)13-3-2-6-18-13/h2-7H,8H2,1H3. The van der Waals surface area contributed by atoms with Crippen molar-refractivity contribution in [2.24, 2.45) is 0 Å². The van der Waals surface area contributed by atoms with Gasteiger partial charge in [-0.3, -0.25) is 14.9 Å². The Balaban J connectivity index is 2.04. The van der Waals surface area contributed by atoms with E-state index in [4.69, 9.17) is 9.15 Å². The first-order valence-electron chi connectivity index (χ1n) is 5.52. The lowest BCUT2D eigenvalue weighted by atomic mass is 10.2. The Morgan fingerprint density at radius 2 is 2.21 bits per heavy atom. The highest BCUT2D eigenvalue weighted by Crippen LogP contribution is 2.23. The van der Waals surface area contributed by atoms with Gasteiger partial charge in [-0.05, 0) is 30.7 Å². The van der Waals surface area contributed by atoms with Crippen LogP contribution in [-0.4, -0.2) is 17.3 Å². The number of nitrogens with zero attached hydrogens (tertiary/aromatic N) is 1. The third-order valence-corrected chi connectivity index (χ3v) is 2.52. The molecule has 0 atom stereocenters. The molecule has 0 aliphatic carbocycles. The van der Waals surface area contributed by atoms with Crippen molar-refractivity contribution in [3.05, 3.63) is 58.0 Å². The van der Waals surface area contributed by atoms with Crippen molar-refractivity contribution >= 4 is 11.5 Å². The van der Waals surface area contributed by atoms with Gasteiger partial charge in [0.1, 0.15) is 5.75 Å². The van der Waals surface area contributed by atoms with Gasteiger partial charge in [-0.1, -0.05) is 0 Å². The summed E-state index contributed by atoms with van der Waals surface area (Å²) in [5.41, 5.74) is 0.587. The van der Waals surface area contributed by atoms with Crippen LogP contribution in [0, 0.1) is 17.0 Å². The van der Waals surface area contributed by atoms with E-state index in [1.165, 1.54) is 24.5 Å². The highest BCUT2D eigenvalue weighted by atomic mass is 16.6. The number of rotatable bonds is 5. The van der Waals surface area contributed by atoms with Gasteiger partial charge in [-0.15, -0.1) is 0 Å². The molecule has 0 radical (unpaired) electrons. The molecule has 0 N–H and O–H groups in total. The first-order valence-corrected chi connectivity index (χ1v) is 5.52. The average molecular weight is 261 g/mol. The van der Waals surface area contributed by atoms with E-state index in [9.17, 15) is 14.9 Å². The Kier molecular flexibility index (Phi) is 3.61. The molecular weight excluding hydrogens is 250 g/mol. The zero-order valence-electron chi connectivity index (χ0n) is 10.2. The van der Waals surface area contributed by atoms with Gasteiger partial charge in [0.05, 0.1) is 11.2 Å². The quantitative estimate of drug-likeness (QED) is 0.469. The molecular formula is C13H11NO5. The Hall–Kier alpha value is -2.63. The molecule has 0 aliphatic heterocycles. The molecule has 19 heavy (non-hydrogen) atoms. The molecule has 2 rings (SSSR count). The van der Waals surface area contributed by atoms with Crippen LogP contribution >= 0.6 is 0 Å². The van der Waals surface area contributed by atoms with Crippen LogP contribution in [0.25, 0.3) is 0 Å². The van der Waals surface area contributed by atoms with Gasteiger partial charge >= 0.3 is 0 Å². The fourth-order valence-electron chi connectivity index (χ4n) is 1.56. The van der Waals surface area contributed by atoms with Gasteiger partial charge in [0.2, 0.25) is 5.78 Å². The molecule has 0 amide bonds. The molecule has 0 bridgehead atoms. The van der Waals surface area contributed by atoms with Crippen LogP contribution in [-0.2, 0) is 0 Å². The van der Waals surface area contributed by atoms with Crippen molar-refractivity contribution in [3.63, 3.8) is 0 Å². The van der Waals surface area contributed by atoms with Crippen molar-refractivity contribution in [1.29, 1.82) is 0 Å². The maximum atomic E-state index is 11.6. The second kappa shape index (κ2) is 5.34. The zero-order chi connectivity index (χ0) is 13.8. The molecule has 1 aromatic carbocycles. The largest absolute Gasteiger partial charge is 0.485 e. The molecule has 1 heterocycles. The number of nitro groups is 1. The summed E-state index contributed by atoms with van der Waals surface area (Å²) in [5.74, 6) is 0.368. The van der Waals surface area contributed by atoms with Gasteiger partial charge < -0.3 is 9.15 Å². The lowest BCUT2D eigenvalue weighted by Crippen LogP contribution is -2.11. The topological polar surface area (TPSA) is 82.6 Å². The van der Waals surface area contributed by atoms with Crippen molar-refractivity contribution in [3.8, 4) is 5.75 Å². The number of carbonyl (C=O) groups excluding carboxylic acids is 1. The molecule has 0 unspecified atom stereocenters. The molecule has 0 saturated carbocycles. The summed E-state index contributed by atoms with van der Waals surface area (Å²) in [4.78, 5) is 21.7. The first-order chi connectivity index (χ1) is 9.08. The third kappa shape index (κ3) is 2.98. The summed E-state index contributed by atoms with van der Waals surface area (Å²) in [6, 6.07) is 7.37. The van der Waals surface area contributed by atoms with Crippen LogP contribution in [0.3, 0.4) is 0 Å². The summed E-state index contributed by atoms with van der Waals surface area (Å²) in [6.07, 6.45) is 1.41. The van der Waals surface area contributed by atoms with Gasteiger partial charge in [0.25, 0.3) is 5.69 Å². The molecule has 0 saturated heterocycles. The van der Waals surface area contributed by atoms with Crippen molar-refractivity contribution in [1.82, 2.24) is 0 Å². The van der Waals surface area contributed by atoms with E-state index >= 15 is 0 Å². The normalized spacial score (nSPS) is 10.2. The number of carbonyl (C=O) groups is 1. The van der Waals surface area contributed by atoms with Crippen molar-refractivity contribution < 1.29 is 18.9 Å². The Bertz CT molecular complexity index is 604. The highest BCUT2D eigenvalue weighted by molar-refractivity contribution is 5.94. The van der Waals surface area contributed by atoms with E-state index < -0.39 is 4.92 Å². The molecule has 0 fully saturated rings. The SMILES string of the molecule is Cc1cc([N+](=O)[O-])ccc1OCC(=O)c1ccco1. The minimum atomic E-state index is -0.481. The minimum absolute atomic E-state index is 0.0118. The van der Waals surface area contributed by atoms with Crippen LogP contribution in [0.4, 0.5) is 5.69 Å². The van der Waals surface area contributed by atoms with E-state index in [-0.39, 0.29) is 23.8 Å². The van der Waals surface area contributed by atoms with E-state index in [2.05, 4.69) is 0 Å². The predicted molar refractivity (Wildman–Crippen MR) is 66.4 cm³/mol. The summed E-state index contributed by atoms with van der Waals surface area (Å²) in [7, 11) is 0. The number of aryl methyl sites for hydroxylation is 1. The number of ketones is 1. The molecule has 1 aromatic heterocycles. The Labute approximate surface area is 108 Å². The maximum Gasteiger partial charge on any atom is 0.269 e. The number of Topliss-reactive ketones (excluding diaryl/α,β-unsaturated/α-hetero) is 1. The van der Waals surface area contributed by atoms with E-state index in [0.717, 1.165) is 0 Å². The minimum Gasteiger partial charge on any atom is -0.485 e. The summed E-state index contributed by atoms with van der Waals surface area (Å²) in [5, 5.41) is 10.6. The fraction of sp³-hybridized carbons (Fsp3) is 0.154. The molecule has 98 valence electrons. The predicted octanol–water partition coefficient (Wildman–Crippen LogP) is 2.76. The highest BCUT2D eigenvalue weighted by Gasteiger charge is 2.12. The molecule has 0 spiro atoms. The molecule has 6 heteroatoms. The lowest BCUT2D eigenvalue weighted by Gasteiger charge is -2.07. The van der Waals surface area contributed by atoms with Gasteiger partial charge in [-0.25, -0.2) is 0 Å². The van der Waals surface area contributed by atoms with Gasteiger partial charge in [-0.2, -0.15) is 0 Å². The maximum absolute atomic E-state index is 11.6. The summed E-state index contributed by atoms with van der Waals surface area (Å²) in [6.45, 7) is 1.51. The Morgan fingerprint density at radius 3 is 2.79 bits per heavy atom. The summed E-state index contributed by atoms with van der Waals surface area (Å²) >= 11 is 0. The number of non-ortho nitro benzene ring substituents is 1. The number of ether oxygens (including phenoxy) is 1. The lowest BCUT2D eigenvalue weighted by molar-refractivity contribution is -0.384. The number of hydrogen-bond donors (Lipinski definition) is 0. The van der Waals surface area contributed by atoms with Crippen LogP contribution in [0.15, 0.2) is 41.0 Å². The van der Waals surface area contributed by atoms with Crippen LogP contribution in [0.1, 0.15) is 16.1 Å². The summed E-state index contributed by atoms with van der Waals surface area (Å²) < 4.78 is 10.3. The number of furan rings is 1. The van der Waals surface area contributed by atoms with Gasteiger partial charge in [0, 0.05) is 12.1 Å². The third-order valence-electron chi connectivity index (χ3n) is 2.52. The molecule has 0 aliphatic rings. The first kappa shape index (κ1) is 12.8. The van der Waals surface area contributed by atoms with Crippen molar-refractivity contribution in [2.45, 2.75) is 6.92 Å². The zero-order valence-corrected chi connectivity index (χ0v) is 10.2. The van der Waals surface area contributed by atoms with Crippen LogP contribution < -0.4 is 4.74 Å². The van der Waals surface area contributed by atoms with Crippen molar-refractivity contribution in [2.75, 3.05) is 6.61 Å². The number of benzene rings is 1.